The predicted octanol–water partition coefficient (Wildman–Crippen LogP) is 4.06. The first-order chi connectivity index (χ1) is 5.39. The van der Waals surface area contributed by atoms with E-state index in [0.29, 0.717) is 0 Å². The van der Waals surface area contributed by atoms with Crippen LogP contribution in [0.25, 0.3) is 0 Å². The molecule has 0 atom stereocenters. The van der Waals surface area contributed by atoms with Gasteiger partial charge < -0.3 is 0 Å². The molecule has 0 saturated heterocycles. The van der Waals surface area contributed by atoms with Crippen molar-refractivity contribution in [3.63, 3.8) is 0 Å². The largest absolute Gasteiger partial charge is 0.168 e. The highest BCUT2D eigenvalue weighted by atomic mass is 35.6. The van der Waals surface area contributed by atoms with E-state index in [9.17, 15) is 0 Å². The van der Waals surface area contributed by atoms with Gasteiger partial charge in [0.2, 0.25) is 0 Å². The highest BCUT2D eigenvalue weighted by Gasteiger charge is 2.04. The average molecular weight is 201 g/mol. The first-order valence-electron chi connectivity index (χ1n) is 4.10. The van der Waals surface area contributed by atoms with Crippen LogP contribution in [-0.4, -0.2) is 7.38 Å². The number of rotatable bonds is 0. The van der Waals surface area contributed by atoms with Crippen molar-refractivity contribution < 1.29 is 0 Å². The molecule has 1 rings (SSSR count). The summed E-state index contributed by atoms with van der Waals surface area (Å²) in [5, 5.41) is 0. The number of benzene rings is 1. The van der Waals surface area contributed by atoms with Crippen LogP contribution in [0.3, 0.4) is 0 Å². The summed E-state index contributed by atoms with van der Waals surface area (Å²) >= 11 is 5.67. The summed E-state index contributed by atoms with van der Waals surface area (Å²) in [5.41, 5.74) is 1.32. The van der Waals surface area contributed by atoms with Crippen LogP contribution in [0.5, 0.6) is 0 Å². The molecule has 0 aliphatic rings. The van der Waals surface area contributed by atoms with Gasteiger partial charge in [-0.1, -0.05) is 55.5 Å². The Morgan fingerprint density at radius 1 is 1.00 bits per heavy atom. The topological polar surface area (TPSA) is 0 Å². The number of hydrogen-bond acceptors (Lipinski definition) is 0. The second-order valence-corrected chi connectivity index (χ2v) is 11.3. The molecule has 0 saturated carbocycles. The molecule has 0 N–H and O–H groups in total. The Morgan fingerprint density at radius 3 is 1.50 bits per heavy atom. The molecule has 0 aliphatic heterocycles. The SMILES string of the molecule is C[Si](C)(C)Cl.Cc1ccccc1. The molecule has 0 amide bonds. The van der Waals surface area contributed by atoms with Gasteiger partial charge in [-0.3, -0.25) is 0 Å². The van der Waals surface area contributed by atoms with Gasteiger partial charge in [0.25, 0.3) is 0 Å². The molecule has 0 heterocycles. The van der Waals surface area contributed by atoms with Crippen molar-refractivity contribution in [2.75, 3.05) is 0 Å². The third kappa shape index (κ3) is 12.4. The highest BCUT2D eigenvalue weighted by Crippen LogP contribution is 2.03. The van der Waals surface area contributed by atoms with E-state index in [4.69, 9.17) is 11.1 Å². The first-order valence-corrected chi connectivity index (χ1v) is 8.61. The highest BCUT2D eigenvalue weighted by molar-refractivity contribution is 7.18. The first kappa shape index (κ1) is 11.7. The molecule has 0 spiro atoms. The van der Waals surface area contributed by atoms with Crippen molar-refractivity contribution in [3.8, 4) is 0 Å². The summed E-state index contributed by atoms with van der Waals surface area (Å²) in [6.45, 7) is 8.36. The Hall–Kier alpha value is -0.273. The average Bonchev–Trinajstić information content (AvgIpc) is 1.85. The van der Waals surface area contributed by atoms with Crippen LogP contribution in [-0.2, 0) is 0 Å². The third-order valence-corrected chi connectivity index (χ3v) is 0.940. The van der Waals surface area contributed by atoms with Crippen molar-refractivity contribution in [3.05, 3.63) is 35.9 Å². The van der Waals surface area contributed by atoms with Gasteiger partial charge in [-0.15, -0.1) is 0 Å². The Bertz CT molecular complexity index is 195. The lowest BCUT2D eigenvalue weighted by Gasteiger charge is -1.97. The molecule has 68 valence electrons. The summed E-state index contributed by atoms with van der Waals surface area (Å²) in [7, 11) is -1.14. The monoisotopic (exact) mass is 200 g/mol. The maximum Gasteiger partial charge on any atom is 0.147 e. The molecule has 0 unspecified atom stereocenters. The van der Waals surface area contributed by atoms with Crippen molar-refractivity contribution in [2.45, 2.75) is 26.6 Å². The van der Waals surface area contributed by atoms with Crippen LogP contribution in [0.2, 0.25) is 19.6 Å². The van der Waals surface area contributed by atoms with E-state index in [1.54, 1.807) is 0 Å². The smallest absolute Gasteiger partial charge is 0.147 e. The Kier molecular flexibility index (Phi) is 5.26. The molecule has 12 heavy (non-hydrogen) atoms. The summed E-state index contributed by atoms with van der Waals surface area (Å²) in [6, 6.07) is 10.3. The molecule has 2 heteroatoms. The number of halogens is 1. The van der Waals surface area contributed by atoms with Gasteiger partial charge in [-0.2, -0.15) is 11.1 Å². The quantitative estimate of drug-likeness (QED) is 0.438. The fourth-order valence-electron chi connectivity index (χ4n) is 0.534. The second kappa shape index (κ2) is 5.39. The maximum absolute atomic E-state index is 5.67. The zero-order chi connectivity index (χ0) is 9.61. The molecule has 0 nitrogen and oxygen atoms in total. The van der Waals surface area contributed by atoms with Crippen LogP contribution in [0, 0.1) is 6.92 Å². The van der Waals surface area contributed by atoms with Gasteiger partial charge in [0.1, 0.15) is 7.38 Å². The van der Waals surface area contributed by atoms with Gasteiger partial charge in [-0.25, -0.2) is 0 Å². The maximum atomic E-state index is 5.67. The minimum atomic E-state index is -1.14. The normalized spacial score (nSPS) is 10.1. The van der Waals surface area contributed by atoms with Gasteiger partial charge in [-0.05, 0) is 6.92 Å². The zero-order valence-corrected chi connectivity index (χ0v) is 10.0. The van der Waals surface area contributed by atoms with Crippen LogP contribution in [0.1, 0.15) is 5.56 Å². The van der Waals surface area contributed by atoms with Gasteiger partial charge in [0.15, 0.2) is 0 Å². The fourth-order valence-corrected chi connectivity index (χ4v) is 0.534. The molecule has 0 bridgehead atoms. The van der Waals surface area contributed by atoms with E-state index in [1.165, 1.54) is 5.56 Å². The fraction of sp³-hybridized carbons (Fsp3) is 0.400. The Balaban J connectivity index is 0.000000217. The Labute approximate surface area is 81.3 Å². The van der Waals surface area contributed by atoms with Gasteiger partial charge in [0, 0.05) is 0 Å². The molecule has 0 radical (unpaired) electrons. The molecular weight excluding hydrogens is 184 g/mol. The van der Waals surface area contributed by atoms with E-state index in [0.717, 1.165) is 0 Å². The van der Waals surface area contributed by atoms with Crippen molar-refractivity contribution in [1.29, 1.82) is 0 Å². The number of hydrogen-bond donors (Lipinski definition) is 0. The summed E-state index contributed by atoms with van der Waals surface area (Å²) < 4.78 is 0. The van der Waals surface area contributed by atoms with Gasteiger partial charge in [0.05, 0.1) is 0 Å². The summed E-state index contributed by atoms with van der Waals surface area (Å²) in [6.07, 6.45) is 0. The second-order valence-electron chi connectivity index (χ2n) is 3.72. The van der Waals surface area contributed by atoms with Crippen LogP contribution >= 0.6 is 11.1 Å². The molecule has 0 fully saturated rings. The molecule has 1 aromatic rings. The van der Waals surface area contributed by atoms with Gasteiger partial charge >= 0.3 is 0 Å². The lowest BCUT2D eigenvalue weighted by Crippen LogP contribution is -2.06. The van der Waals surface area contributed by atoms with E-state index in [1.807, 2.05) is 18.2 Å². The molecule has 0 aliphatic carbocycles. The Morgan fingerprint density at radius 2 is 1.33 bits per heavy atom. The minimum absolute atomic E-state index is 1.14. The van der Waals surface area contributed by atoms with Crippen molar-refractivity contribution in [1.82, 2.24) is 0 Å². The molecule has 1 aromatic carbocycles. The summed E-state index contributed by atoms with van der Waals surface area (Å²) in [4.78, 5) is 0. The third-order valence-electron chi connectivity index (χ3n) is 0.940. The van der Waals surface area contributed by atoms with Crippen molar-refractivity contribution >= 4 is 18.5 Å². The lowest BCUT2D eigenvalue weighted by atomic mass is 10.2. The van der Waals surface area contributed by atoms with Crippen LogP contribution in [0.4, 0.5) is 0 Å². The summed E-state index contributed by atoms with van der Waals surface area (Å²) in [5.74, 6) is 0. The minimum Gasteiger partial charge on any atom is -0.168 e. The van der Waals surface area contributed by atoms with Crippen LogP contribution < -0.4 is 0 Å². The van der Waals surface area contributed by atoms with E-state index >= 15 is 0 Å². The van der Waals surface area contributed by atoms with Crippen LogP contribution in [0.15, 0.2) is 30.3 Å². The molecule has 0 aromatic heterocycles. The standard InChI is InChI=1S/C7H8.C3H9ClSi/c1-7-5-3-2-4-6-7;1-5(2,3)4/h2-6H,1H3;1-3H3. The van der Waals surface area contributed by atoms with E-state index < -0.39 is 7.38 Å². The molecular formula is C10H17ClSi. The lowest BCUT2D eigenvalue weighted by molar-refractivity contribution is 1.48. The van der Waals surface area contributed by atoms with E-state index in [-0.39, 0.29) is 0 Å². The van der Waals surface area contributed by atoms with Crippen molar-refractivity contribution in [2.24, 2.45) is 0 Å². The number of aryl methyl sites for hydroxylation is 1. The zero-order valence-electron chi connectivity index (χ0n) is 8.26. The van der Waals surface area contributed by atoms with E-state index in [2.05, 4.69) is 38.7 Å². The predicted molar refractivity (Wildman–Crippen MR) is 60.4 cm³/mol.